The maximum atomic E-state index is 13.7. The van der Waals surface area contributed by atoms with Crippen molar-refractivity contribution in [3.63, 3.8) is 0 Å². The maximum Gasteiger partial charge on any atom is 0.172 e. The number of piperazine rings is 1. The van der Waals surface area contributed by atoms with E-state index in [2.05, 4.69) is 10.2 Å². The molecule has 4 nitrogen and oxygen atoms in total. The van der Waals surface area contributed by atoms with Gasteiger partial charge in [0.2, 0.25) is 0 Å². The van der Waals surface area contributed by atoms with Crippen molar-refractivity contribution >= 4 is 0 Å². The highest BCUT2D eigenvalue weighted by molar-refractivity contribution is 5.46. The van der Waals surface area contributed by atoms with Crippen molar-refractivity contribution in [2.45, 2.75) is 6.54 Å². The summed E-state index contributed by atoms with van der Waals surface area (Å²) in [4.78, 5) is 2.24. The summed E-state index contributed by atoms with van der Waals surface area (Å²) >= 11 is 0. The first kappa shape index (κ1) is 12.8. The monoisotopic (exact) mass is 249 g/mol. The Balaban J connectivity index is 2.18. The fourth-order valence-corrected chi connectivity index (χ4v) is 2.16. The minimum absolute atomic E-state index is 0.0292. The molecule has 0 aromatic heterocycles. The third-order valence-electron chi connectivity index (χ3n) is 3.04. The van der Waals surface area contributed by atoms with Gasteiger partial charge in [0.1, 0.15) is 6.07 Å². The summed E-state index contributed by atoms with van der Waals surface area (Å²) in [5.74, 6) is -0.441. The highest BCUT2D eigenvalue weighted by atomic mass is 19.1. The molecule has 0 amide bonds. The van der Waals surface area contributed by atoms with Crippen LogP contribution >= 0.6 is 0 Å². The molecule has 1 N–H and O–H groups in total. The van der Waals surface area contributed by atoms with Crippen LogP contribution in [0.5, 0.6) is 5.75 Å². The number of benzene rings is 1. The van der Waals surface area contributed by atoms with Crippen molar-refractivity contribution in [2.75, 3.05) is 33.3 Å². The predicted molar refractivity (Wildman–Crippen MR) is 65.8 cm³/mol. The Morgan fingerprint density at radius 2 is 2.17 bits per heavy atom. The zero-order chi connectivity index (χ0) is 13.0. The second-order valence-electron chi connectivity index (χ2n) is 4.30. The predicted octanol–water partition coefficient (Wildman–Crippen LogP) is 1.11. The molecule has 0 bridgehead atoms. The number of nitriles is 1. The second-order valence-corrected chi connectivity index (χ2v) is 4.30. The summed E-state index contributed by atoms with van der Waals surface area (Å²) in [6, 6.07) is 5.11. The molecule has 0 radical (unpaired) electrons. The van der Waals surface area contributed by atoms with Gasteiger partial charge in [-0.25, -0.2) is 4.39 Å². The Labute approximate surface area is 106 Å². The van der Waals surface area contributed by atoms with E-state index in [1.807, 2.05) is 6.07 Å². The second kappa shape index (κ2) is 5.80. The van der Waals surface area contributed by atoms with Gasteiger partial charge in [-0.05, 0) is 17.7 Å². The van der Waals surface area contributed by atoms with Crippen molar-refractivity contribution < 1.29 is 9.13 Å². The van der Waals surface area contributed by atoms with E-state index in [-0.39, 0.29) is 11.3 Å². The van der Waals surface area contributed by atoms with Crippen LogP contribution in [-0.4, -0.2) is 38.2 Å². The molecule has 1 aliphatic heterocycles. The van der Waals surface area contributed by atoms with E-state index in [9.17, 15) is 4.39 Å². The quantitative estimate of drug-likeness (QED) is 0.872. The smallest absolute Gasteiger partial charge is 0.172 e. The zero-order valence-corrected chi connectivity index (χ0v) is 10.4. The molecule has 1 aromatic carbocycles. The summed E-state index contributed by atoms with van der Waals surface area (Å²) in [5.41, 5.74) is 1.06. The minimum atomic E-state index is -0.471. The summed E-state index contributed by atoms with van der Waals surface area (Å²) in [5, 5.41) is 12.2. The number of nitrogens with zero attached hydrogens (tertiary/aromatic N) is 2. The van der Waals surface area contributed by atoms with E-state index in [1.165, 1.54) is 13.2 Å². The highest BCUT2D eigenvalue weighted by Crippen LogP contribution is 2.24. The molecular formula is C13H16FN3O. The van der Waals surface area contributed by atoms with Crippen LogP contribution in [-0.2, 0) is 6.54 Å². The zero-order valence-electron chi connectivity index (χ0n) is 10.4. The molecular weight excluding hydrogens is 233 g/mol. The molecule has 18 heavy (non-hydrogen) atoms. The molecule has 0 atom stereocenters. The van der Waals surface area contributed by atoms with Crippen LogP contribution in [0.3, 0.4) is 0 Å². The van der Waals surface area contributed by atoms with Crippen molar-refractivity contribution in [2.24, 2.45) is 0 Å². The molecule has 5 heteroatoms. The molecule has 0 aliphatic carbocycles. The molecule has 0 unspecified atom stereocenters. The van der Waals surface area contributed by atoms with Gasteiger partial charge in [-0.15, -0.1) is 0 Å². The van der Waals surface area contributed by atoms with E-state index in [0.717, 1.165) is 31.7 Å². The summed E-state index contributed by atoms with van der Waals surface area (Å²) in [6.07, 6.45) is 0. The van der Waals surface area contributed by atoms with Crippen LogP contribution in [0, 0.1) is 17.1 Å². The summed E-state index contributed by atoms with van der Waals surface area (Å²) in [6.45, 7) is 4.44. The van der Waals surface area contributed by atoms with Crippen LogP contribution in [0.1, 0.15) is 11.1 Å². The standard InChI is InChI=1S/C13H16FN3O/c1-18-13-11(8-15)6-10(7-12(13)14)9-17-4-2-16-3-5-17/h6-7,16H,2-5,9H2,1H3. The average molecular weight is 249 g/mol. The average Bonchev–Trinajstić information content (AvgIpc) is 2.39. The van der Waals surface area contributed by atoms with Gasteiger partial charge in [0, 0.05) is 32.7 Å². The number of hydrogen-bond acceptors (Lipinski definition) is 4. The molecule has 1 fully saturated rings. The van der Waals surface area contributed by atoms with Crippen molar-refractivity contribution in [1.82, 2.24) is 10.2 Å². The lowest BCUT2D eigenvalue weighted by molar-refractivity contribution is 0.233. The number of nitrogens with one attached hydrogen (secondary N) is 1. The Hall–Kier alpha value is -1.64. The molecule has 0 spiro atoms. The SMILES string of the molecule is COc1c(F)cc(CN2CCNCC2)cc1C#N. The minimum Gasteiger partial charge on any atom is -0.492 e. The molecule has 1 aliphatic rings. The fourth-order valence-electron chi connectivity index (χ4n) is 2.16. The molecule has 1 heterocycles. The molecule has 1 saturated heterocycles. The van der Waals surface area contributed by atoms with E-state index in [1.54, 1.807) is 6.07 Å². The van der Waals surface area contributed by atoms with Gasteiger partial charge in [-0.1, -0.05) is 0 Å². The largest absolute Gasteiger partial charge is 0.492 e. The van der Waals surface area contributed by atoms with Crippen LogP contribution in [0.15, 0.2) is 12.1 Å². The van der Waals surface area contributed by atoms with Gasteiger partial charge in [0.25, 0.3) is 0 Å². The fraction of sp³-hybridized carbons (Fsp3) is 0.462. The van der Waals surface area contributed by atoms with Crippen LogP contribution in [0.2, 0.25) is 0 Å². The number of methoxy groups -OCH3 is 1. The van der Waals surface area contributed by atoms with E-state index in [0.29, 0.717) is 6.54 Å². The normalized spacial score (nSPS) is 16.3. The van der Waals surface area contributed by atoms with Crippen LogP contribution < -0.4 is 10.1 Å². The number of ether oxygens (including phenoxy) is 1. The topological polar surface area (TPSA) is 48.3 Å². The Bertz CT molecular complexity index is 464. The molecule has 96 valence electrons. The first-order valence-electron chi connectivity index (χ1n) is 5.94. The summed E-state index contributed by atoms with van der Waals surface area (Å²) < 4.78 is 18.6. The van der Waals surface area contributed by atoms with E-state index >= 15 is 0 Å². The lowest BCUT2D eigenvalue weighted by atomic mass is 10.1. The Kier molecular flexibility index (Phi) is 4.13. The van der Waals surface area contributed by atoms with Crippen molar-refractivity contribution in [3.05, 3.63) is 29.1 Å². The third-order valence-corrected chi connectivity index (χ3v) is 3.04. The van der Waals surface area contributed by atoms with Gasteiger partial charge in [0.15, 0.2) is 11.6 Å². The number of rotatable bonds is 3. The van der Waals surface area contributed by atoms with Gasteiger partial charge in [-0.3, -0.25) is 4.90 Å². The van der Waals surface area contributed by atoms with Crippen molar-refractivity contribution in [1.29, 1.82) is 5.26 Å². The van der Waals surface area contributed by atoms with Crippen molar-refractivity contribution in [3.8, 4) is 11.8 Å². The Morgan fingerprint density at radius 1 is 1.44 bits per heavy atom. The third kappa shape index (κ3) is 2.78. The first-order valence-corrected chi connectivity index (χ1v) is 5.94. The maximum absolute atomic E-state index is 13.7. The lowest BCUT2D eigenvalue weighted by Crippen LogP contribution is -2.42. The molecule has 2 rings (SSSR count). The number of halogens is 1. The molecule has 1 aromatic rings. The van der Waals surface area contributed by atoms with E-state index < -0.39 is 5.82 Å². The van der Waals surface area contributed by atoms with Crippen LogP contribution in [0.4, 0.5) is 4.39 Å². The Morgan fingerprint density at radius 3 is 2.78 bits per heavy atom. The van der Waals surface area contributed by atoms with Gasteiger partial charge < -0.3 is 10.1 Å². The number of hydrogen-bond donors (Lipinski definition) is 1. The van der Waals surface area contributed by atoms with E-state index in [4.69, 9.17) is 10.00 Å². The van der Waals surface area contributed by atoms with Gasteiger partial charge in [0.05, 0.1) is 12.7 Å². The van der Waals surface area contributed by atoms with Gasteiger partial charge in [-0.2, -0.15) is 5.26 Å². The lowest BCUT2D eigenvalue weighted by Gasteiger charge is -2.27. The van der Waals surface area contributed by atoms with Crippen LogP contribution in [0.25, 0.3) is 0 Å². The highest BCUT2D eigenvalue weighted by Gasteiger charge is 2.14. The van der Waals surface area contributed by atoms with Gasteiger partial charge >= 0.3 is 0 Å². The summed E-state index contributed by atoms with van der Waals surface area (Å²) in [7, 11) is 1.37. The first-order chi connectivity index (χ1) is 8.74. The molecule has 0 saturated carbocycles.